The molecule has 2 N–H and O–H groups in total. The van der Waals surface area contributed by atoms with Crippen LogP contribution in [0.2, 0.25) is 0 Å². The molecule has 0 unspecified atom stereocenters. The van der Waals surface area contributed by atoms with E-state index in [4.69, 9.17) is 0 Å². The van der Waals surface area contributed by atoms with Crippen LogP contribution in [-0.4, -0.2) is 36.4 Å². The number of carbonyl (C=O) groups is 1. The molecule has 18 heavy (non-hydrogen) atoms. The molecule has 8 heteroatoms. The van der Waals surface area contributed by atoms with Crippen molar-refractivity contribution in [2.24, 2.45) is 0 Å². The van der Waals surface area contributed by atoms with E-state index < -0.39 is 0 Å². The van der Waals surface area contributed by atoms with E-state index in [1.54, 1.807) is 6.92 Å². The summed E-state index contributed by atoms with van der Waals surface area (Å²) < 4.78 is 0. The molecule has 2 aromatic rings. The van der Waals surface area contributed by atoms with Gasteiger partial charge in [-0.3, -0.25) is 4.79 Å². The number of aromatic amines is 1. The average Bonchev–Trinajstić information content (AvgIpc) is 2.81. The van der Waals surface area contributed by atoms with E-state index in [0.717, 1.165) is 0 Å². The first kappa shape index (κ1) is 12.1. The Morgan fingerprint density at radius 2 is 2.28 bits per heavy atom. The first-order valence-corrected chi connectivity index (χ1v) is 5.42. The van der Waals surface area contributed by atoms with Gasteiger partial charge in [0.2, 0.25) is 5.95 Å². The minimum absolute atomic E-state index is 0.0507. The SMILES string of the molecule is CC(=O)c1cnc(N[C@@H](C)c2nn[nH]n2)nc1C. The summed E-state index contributed by atoms with van der Waals surface area (Å²) in [4.78, 5) is 19.6. The molecule has 1 atom stereocenters. The van der Waals surface area contributed by atoms with Crippen LogP contribution in [0.1, 0.15) is 41.8 Å². The lowest BCUT2D eigenvalue weighted by Gasteiger charge is -2.10. The van der Waals surface area contributed by atoms with Gasteiger partial charge in [0.1, 0.15) is 0 Å². The van der Waals surface area contributed by atoms with Crippen LogP contribution in [0.3, 0.4) is 0 Å². The number of Topliss-reactive ketones (excluding diaryl/α,β-unsaturated/α-hetero) is 1. The van der Waals surface area contributed by atoms with Gasteiger partial charge in [-0.05, 0) is 20.8 Å². The third-order valence-corrected chi connectivity index (χ3v) is 2.45. The Morgan fingerprint density at radius 1 is 1.50 bits per heavy atom. The smallest absolute Gasteiger partial charge is 0.223 e. The van der Waals surface area contributed by atoms with Crippen LogP contribution in [0.25, 0.3) is 0 Å². The van der Waals surface area contributed by atoms with Gasteiger partial charge in [-0.2, -0.15) is 5.21 Å². The highest BCUT2D eigenvalue weighted by molar-refractivity contribution is 5.94. The molecular formula is C10H13N7O. The number of anilines is 1. The fourth-order valence-corrected chi connectivity index (χ4v) is 1.49. The predicted octanol–water partition coefficient (Wildman–Crippen LogP) is 0.674. The zero-order chi connectivity index (χ0) is 13.1. The molecule has 8 nitrogen and oxygen atoms in total. The fourth-order valence-electron chi connectivity index (χ4n) is 1.49. The minimum atomic E-state index is -0.175. The van der Waals surface area contributed by atoms with Crippen LogP contribution in [0, 0.1) is 6.92 Å². The van der Waals surface area contributed by atoms with Crippen molar-refractivity contribution in [3.63, 3.8) is 0 Å². The fraction of sp³-hybridized carbons (Fsp3) is 0.400. The van der Waals surface area contributed by atoms with E-state index in [-0.39, 0.29) is 11.8 Å². The van der Waals surface area contributed by atoms with Gasteiger partial charge in [0, 0.05) is 6.20 Å². The molecule has 2 heterocycles. The van der Waals surface area contributed by atoms with Crippen molar-refractivity contribution in [2.45, 2.75) is 26.8 Å². The molecule has 0 aromatic carbocycles. The zero-order valence-electron chi connectivity index (χ0n) is 10.3. The molecule has 0 saturated heterocycles. The number of tetrazole rings is 1. The molecule has 0 bridgehead atoms. The van der Waals surface area contributed by atoms with Gasteiger partial charge in [-0.1, -0.05) is 5.21 Å². The Morgan fingerprint density at radius 3 is 2.83 bits per heavy atom. The maximum Gasteiger partial charge on any atom is 0.223 e. The van der Waals surface area contributed by atoms with Crippen molar-refractivity contribution < 1.29 is 4.79 Å². The first-order chi connectivity index (χ1) is 8.58. The van der Waals surface area contributed by atoms with Gasteiger partial charge in [0.05, 0.1) is 17.3 Å². The Bertz CT molecular complexity index is 551. The van der Waals surface area contributed by atoms with Crippen molar-refractivity contribution in [2.75, 3.05) is 5.32 Å². The molecule has 0 amide bonds. The number of rotatable bonds is 4. The van der Waals surface area contributed by atoms with E-state index in [9.17, 15) is 4.79 Å². The number of nitrogens with one attached hydrogen (secondary N) is 2. The summed E-state index contributed by atoms with van der Waals surface area (Å²) >= 11 is 0. The van der Waals surface area contributed by atoms with Crippen molar-refractivity contribution in [3.8, 4) is 0 Å². The third-order valence-electron chi connectivity index (χ3n) is 2.45. The summed E-state index contributed by atoms with van der Waals surface area (Å²) in [6.07, 6.45) is 1.51. The minimum Gasteiger partial charge on any atom is -0.344 e. The van der Waals surface area contributed by atoms with E-state index in [1.807, 2.05) is 6.92 Å². The Balaban J connectivity index is 2.15. The molecule has 2 rings (SSSR count). The highest BCUT2D eigenvalue weighted by Crippen LogP contribution is 2.13. The molecule has 0 radical (unpaired) electrons. The number of H-pyrrole nitrogens is 1. The van der Waals surface area contributed by atoms with Crippen LogP contribution < -0.4 is 5.32 Å². The van der Waals surface area contributed by atoms with Gasteiger partial charge in [-0.15, -0.1) is 10.2 Å². The van der Waals surface area contributed by atoms with Gasteiger partial charge in [0.15, 0.2) is 11.6 Å². The number of aryl methyl sites for hydroxylation is 1. The van der Waals surface area contributed by atoms with Crippen LogP contribution in [0.15, 0.2) is 6.20 Å². The van der Waals surface area contributed by atoms with E-state index in [2.05, 4.69) is 35.9 Å². The summed E-state index contributed by atoms with van der Waals surface area (Å²) in [5, 5.41) is 16.6. The van der Waals surface area contributed by atoms with E-state index in [0.29, 0.717) is 23.0 Å². The van der Waals surface area contributed by atoms with Crippen LogP contribution in [-0.2, 0) is 0 Å². The Labute approximate surface area is 103 Å². The maximum atomic E-state index is 11.3. The second-order valence-corrected chi connectivity index (χ2v) is 3.88. The molecule has 94 valence electrons. The summed E-state index contributed by atoms with van der Waals surface area (Å²) in [5.41, 5.74) is 1.16. The van der Waals surface area contributed by atoms with E-state index >= 15 is 0 Å². The first-order valence-electron chi connectivity index (χ1n) is 5.42. The van der Waals surface area contributed by atoms with Crippen molar-refractivity contribution in [1.29, 1.82) is 0 Å². The second-order valence-electron chi connectivity index (χ2n) is 3.88. The topological polar surface area (TPSA) is 109 Å². The molecule has 0 aliphatic heterocycles. The monoisotopic (exact) mass is 247 g/mol. The molecule has 2 aromatic heterocycles. The number of carbonyl (C=O) groups excluding carboxylic acids is 1. The second kappa shape index (κ2) is 4.86. The zero-order valence-corrected chi connectivity index (χ0v) is 10.3. The largest absolute Gasteiger partial charge is 0.344 e. The number of aromatic nitrogens is 6. The molecule has 0 aliphatic carbocycles. The lowest BCUT2D eigenvalue weighted by molar-refractivity contribution is 0.101. The molecule has 0 aliphatic rings. The number of nitrogens with zero attached hydrogens (tertiary/aromatic N) is 5. The van der Waals surface area contributed by atoms with Crippen molar-refractivity contribution >= 4 is 11.7 Å². The Kier molecular flexibility index (Phi) is 3.26. The van der Waals surface area contributed by atoms with Gasteiger partial charge >= 0.3 is 0 Å². The number of ketones is 1. The summed E-state index contributed by atoms with van der Waals surface area (Å²) in [6, 6.07) is -0.175. The highest BCUT2D eigenvalue weighted by atomic mass is 16.1. The van der Waals surface area contributed by atoms with Gasteiger partial charge in [-0.25, -0.2) is 9.97 Å². The Hall–Kier alpha value is -2.38. The lowest BCUT2D eigenvalue weighted by Crippen LogP contribution is -2.12. The van der Waals surface area contributed by atoms with Crippen LogP contribution in [0.5, 0.6) is 0 Å². The van der Waals surface area contributed by atoms with Gasteiger partial charge < -0.3 is 5.32 Å². The van der Waals surface area contributed by atoms with Crippen molar-refractivity contribution in [1.82, 2.24) is 30.6 Å². The standard InChI is InChI=1S/C10H13N7O/c1-5-8(7(3)18)4-11-10(12-5)13-6(2)9-14-16-17-15-9/h4,6H,1-3H3,(H,11,12,13)(H,14,15,16,17)/t6-/m0/s1. The molecule has 0 spiro atoms. The number of hydrogen-bond donors (Lipinski definition) is 2. The van der Waals surface area contributed by atoms with E-state index in [1.165, 1.54) is 13.1 Å². The quantitative estimate of drug-likeness (QED) is 0.764. The normalized spacial score (nSPS) is 12.2. The third kappa shape index (κ3) is 2.47. The molecule has 0 fully saturated rings. The lowest BCUT2D eigenvalue weighted by atomic mass is 10.2. The molecular weight excluding hydrogens is 234 g/mol. The molecule has 0 saturated carbocycles. The number of hydrogen-bond acceptors (Lipinski definition) is 7. The predicted molar refractivity (Wildman–Crippen MR) is 63.0 cm³/mol. The van der Waals surface area contributed by atoms with Gasteiger partial charge in [0.25, 0.3) is 0 Å². The maximum absolute atomic E-state index is 11.3. The van der Waals surface area contributed by atoms with Crippen molar-refractivity contribution in [3.05, 3.63) is 23.3 Å². The summed E-state index contributed by atoms with van der Waals surface area (Å²) in [6.45, 7) is 5.12. The summed E-state index contributed by atoms with van der Waals surface area (Å²) in [5.74, 6) is 0.895. The summed E-state index contributed by atoms with van der Waals surface area (Å²) in [7, 11) is 0. The van der Waals surface area contributed by atoms with Crippen LogP contribution in [0.4, 0.5) is 5.95 Å². The average molecular weight is 247 g/mol. The van der Waals surface area contributed by atoms with Crippen LogP contribution >= 0.6 is 0 Å². The highest BCUT2D eigenvalue weighted by Gasteiger charge is 2.13.